The van der Waals surface area contributed by atoms with Crippen LogP contribution in [0, 0.1) is 0 Å². The van der Waals surface area contributed by atoms with Gasteiger partial charge in [-0.3, -0.25) is 9.67 Å². The van der Waals surface area contributed by atoms with Gasteiger partial charge in [-0.25, -0.2) is 4.98 Å². The second kappa shape index (κ2) is 10.9. The van der Waals surface area contributed by atoms with Crippen LogP contribution in [-0.2, 0) is 13.6 Å². The lowest BCUT2D eigenvalue weighted by Crippen LogP contribution is -2.54. The zero-order valence-electron chi connectivity index (χ0n) is 17.9. The molecule has 29 heavy (non-hydrogen) atoms. The number of aliphatic imine (C=N–C) groups is 1. The first-order valence-corrected chi connectivity index (χ1v) is 10.1. The summed E-state index contributed by atoms with van der Waals surface area (Å²) in [6, 6.07) is 11.0. The summed E-state index contributed by atoms with van der Waals surface area (Å²) in [6.07, 6.45) is 6.48. The smallest absolute Gasteiger partial charge is 0.193 e. The van der Waals surface area contributed by atoms with Gasteiger partial charge in [-0.2, -0.15) is 5.10 Å². The van der Waals surface area contributed by atoms with E-state index >= 15 is 0 Å². The van der Waals surface area contributed by atoms with Crippen LogP contribution < -0.4 is 10.6 Å². The monoisotopic (exact) mass is 511 g/mol. The number of rotatable bonds is 7. The van der Waals surface area contributed by atoms with Crippen molar-refractivity contribution in [1.82, 2.24) is 30.3 Å². The highest BCUT2D eigenvalue weighted by Crippen LogP contribution is 2.31. The maximum Gasteiger partial charge on any atom is 0.193 e. The number of guanidine groups is 1. The van der Waals surface area contributed by atoms with Crippen LogP contribution in [0.15, 0.2) is 41.7 Å². The minimum Gasteiger partial charge on any atom is -0.354 e. The highest BCUT2D eigenvalue weighted by Gasteiger charge is 2.35. The highest BCUT2D eigenvalue weighted by atomic mass is 127. The molecule has 7 nitrogen and oxygen atoms in total. The third-order valence-corrected chi connectivity index (χ3v) is 5.72. The van der Waals surface area contributed by atoms with Crippen molar-refractivity contribution in [3.05, 3.63) is 48.0 Å². The normalized spacial score (nSPS) is 16.9. The van der Waals surface area contributed by atoms with Crippen molar-refractivity contribution < 1.29 is 0 Å². The Labute approximate surface area is 191 Å². The van der Waals surface area contributed by atoms with E-state index in [0.29, 0.717) is 12.6 Å². The Morgan fingerprint density at radius 2 is 1.97 bits per heavy atom. The van der Waals surface area contributed by atoms with E-state index in [1.807, 2.05) is 21.1 Å². The molecule has 1 aromatic heterocycles. The van der Waals surface area contributed by atoms with E-state index in [0.717, 1.165) is 18.3 Å². The van der Waals surface area contributed by atoms with Gasteiger partial charge in [0.05, 0.1) is 6.54 Å². The number of nitrogens with zero attached hydrogens (tertiary/aromatic N) is 5. The van der Waals surface area contributed by atoms with E-state index in [4.69, 9.17) is 0 Å². The summed E-state index contributed by atoms with van der Waals surface area (Å²) in [5.41, 5.74) is 1.43. The van der Waals surface area contributed by atoms with Gasteiger partial charge >= 0.3 is 0 Å². The molecule has 1 aliphatic rings. The van der Waals surface area contributed by atoms with Crippen molar-refractivity contribution >= 4 is 29.9 Å². The largest absolute Gasteiger partial charge is 0.354 e. The van der Waals surface area contributed by atoms with Crippen molar-refractivity contribution in [3.8, 4) is 0 Å². The van der Waals surface area contributed by atoms with Gasteiger partial charge in [0.2, 0.25) is 0 Å². The Balaban J connectivity index is 0.00000300. The average molecular weight is 511 g/mol. The molecule has 0 amide bonds. The highest BCUT2D eigenvalue weighted by molar-refractivity contribution is 14.0. The van der Waals surface area contributed by atoms with Crippen molar-refractivity contribution in [3.63, 3.8) is 0 Å². The number of benzene rings is 1. The second-order valence-electron chi connectivity index (χ2n) is 7.82. The predicted octanol–water partition coefficient (Wildman–Crippen LogP) is 3.10. The minimum absolute atomic E-state index is 0. The molecule has 1 saturated carbocycles. The summed E-state index contributed by atoms with van der Waals surface area (Å²) in [7, 11) is 5.77. The van der Waals surface area contributed by atoms with Crippen molar-refractivity contribution in [2.24, 2.45) is 12.0 Å². The predicted molar refractivity (Wildman–Crippen MR) is 128 cm³/mol. The Morgan fingerprint density at radius 1 is 1.28 bits per heavy atom. The maximum atomic E-state index is 4.47. The van der Waals surface area contributed by atoms with Crippen LogP contribution in [0.2, 0.25) is 0 Å². The molecule has 2 aromatic rings. The third kappa shape index (κ3) is 6.15. The summed E-state index contributed by atoms with van der Waals surface area (Å²) >= 11 is 0. The molecular formula is C21H34IN7. The number of halogens is 1. The third-order valence-electron chi connectivity index (χ3n) is 5.72. The van der Waals surface area contributed by atoms with E-state index in [1.165, 1.54) is 31.2 Å². The Bertz CT molecular complexity index is 768. The molecule has 1 aromatic carbocycles. The molecule has 0 saturated heterocycles. The van der Waals surface area contributed by atoms with E-state index in [9.17, 15) is 0 Å². The van der Waals surface area contributed by atoms with Crippen molar-refractivity contribution in [2.75, 3.05) is 20.6 Å². The van der Waals surface area contributed by atoms with Gasteiger partial charge in [-0.15, -0.1) is 24.0 Å². The lowest BCUT2D eigenvalue weighted by molar-refractivity contribution is 0.293. The van der Waals surface area contributed by atoms with Crippen LogP contribution in [0.25, 0.3) is 0 Å². The van der Waals surface area contributed by atoms with Gasteiger partial charge in [0.1, 0.15) is 12.2 Å². The van der Waals surface area contributed by atoms with Gasteiger partial charge in [0.25, 0.3) is 0 Å². The molecule has 1 fully saturated rings. The van der Waals surface area contributed by atoms with Gasteiger partial charge in [0, 0.05) is 39.3 Å². The number of hydrogen-bond donors (Lipinski definition) is 2. The van der Waals surface area contributed by atoms with E-state index < -0.39 is 0 Å². The van der Waals surface area contributed by atoms with Gasteiger partial charge in [-0.05, 0) is 25.3 Å². The fourth-order valence-corrected chi connectivity index (χ4v) is 4.09. The molecule has 160 valence electrons. The van der Waals surface area contributed by atoms with Gasteiger partial charge < -0.3 is 15.5 Å². The fourth-order valence-electron chi connectivity index (χ4n) is 4.09. The van der Waals surface area contributed by atoms with Crippen molar-refractivity contribution in [1.29, 1.82) is 0 Å². The van der Waals surface area contributed by atoms with Gasteiger partial charge in [-0.1, -0.05) is 43.2 Å². The SMILES string of the molecule is CN=C(NCC1(NC(C)c2ccccc2)CCCC1)N(C)Cc1ncnn1C.I. The van der Waals surface area contributed by atoms with Crippen LogP contribution in [0.4, 0.5) is 0 Å². The first-order valence-electron chi connectivity index (χ1n) is 10.1. The zero-order valence-corrected chi connectivity index (χ0v) is 20.3. The number of hydrogen-bond acceptors (Lipinski definition) is 4. The maximum absolute atomic E-state index is 4.47. The number of aromatic nitrogens is 3. The second-order valence-corrected chi connectivity index (χ2v) is 7.82. The summed E-state index contributed by atoms with van der Waals surface area (Å²) in [5.74, 6) is 1.79. The van der Waals surface area contributed by atoms with Crippen molar-refractivity contribution in [2.45, 2.75) is 50.7 Å². The standard InChI is InChI=1S/C21H33N7.HI/c1-17(18-10-6-5-7-11-18)26-21(12-8-9-13-21)15-23-20(22-2)27(3)14-19-24-16-25-28(19)4;/h5-7,10-11,16-17,26H,8-9,12-15H2,1-4H3,(H,22,23);1H. The van der Waals surface area contributed by atoms with Crippen LogP contribution in [0.1, 0.15) is 50.0 Å². The van der Waals surface area contributed by atoms with Gasteiger partial charge in [0.15, 0.2) is 5.96 Å². The Kier molecular flexibility index (Phi) is 8.88. The lowest BCUT2D eigenvalue weighted by atomic mass is 9.94. The fraction of sp³-hybridized carbons (Fsp3) is 0.571. The molecule has 2 N–H and O–H groups in total. The quantitative estimate of drug-likeness (QED) is 0.340. The van der Waals surface area contributed by atoms with Crippen LogP contribution >= 0.6 is 24.0 Å². The Hall–Kier alpha value is -1.68. The summed E-state index contributed by atoms with van der Waals surface area (Å²) in [4.78, 5) is 10.9. The van der Waals surface area contributed by atoms with Crippen LogP contribution in [-0.4, -0.2) is 51.8 Å². The summed E-state index contributed by atoms with van der Waals surface area (Å²) in [5, 5.41) is 11.7. The number of aryl methyl sites for hydroxylation is 1. The molecule has 1 aliphatic carbocycles. The number of nitrogens with one attached hydrogen (secondary N) is 2. The topological polar surface area (TPSA) is 70.4 Å². The summed E-state index contributed by atoms with van der Waals surface area (Å²) in [6.45, 7) is 3.78. The van der Waals surface area contributed by atoms with E-state index in [1.54, 1.807) is 11.0 Å². The molecule has 0 spiro atoms. The van der Waals surface area contributed by atoms with E-state index in [2.05, 4.69) is 67.9 Å². The molecule has 0 aliphatic heterocycles. The molecule has 1 atom stereocenters. The first-order chi connectivity index (χ1) is 13.5. The molecule has 1 heterocycles. The first kappa shape index (κ1) is 23.6. The Morgan fingerprint density at radius 3 is 2.55 bits per heavy atom. The molecule has 1 unspecified atom stereocenters. The van der Waals surface area contributed by atoms with E-state index in [-0.39, 0.29) is 29.5 Å². The molecule has 3 rings (SSSR count). The molecular weight excluding hydrogens is 477 g/mol. The van der Waals surface area contributed by atoms with Crippen LogP contribution in [0.3, 0.4) is 0 Å². The molecule has 0 bridgehead atoms. The molecule has 0 radical (unpaired) electrons. The minimum atomic E-state index is 0. The lowest BCUT2D eigenvalue weighted by Gasteiger charge is -2.35. The summed E-state index contributed by atoms with van der Waals surface area (Å²) < 4.78 is 1.80. The zero-order chi connectivity index (χ0) is 20.0. The molecule has 8 heteroatoms. The van der Waals surface area contributed by atoms with Crippen LogP contribution in [0.5, 0.6) is 0 Å². The average Bonchev–Trinajstić information content (AvgIpc) is 3.32.